The topological polar surface area (TPSA) is 68.5 Å². The fourth-order valence-corrected chi connectivity index (χ4v) is 3.68. The molecule has 0 spiro atoms. The van der Waals surface area contributed by atoms with E-state index in [1.807, 2.05) is 43.3 Å². The number of amides is 1. The maximum atomic E-state index is 13.0. The minimum atomic E-state index is -0.313. The van der Waals surface area contributed by atoms with Gasteiger partial charge in [0.05, 0.1) is 5.92 Å². The number of benzene rings is 3. The van der Waals surface area contributed by atoms with E-state index < -0.39 is 0 Å². The van der Waals surface area contributed by atoms with Crippen LogP contribution in [0.4, 0.5) is 10.1 Å². The summed E-state index contributed by atoms with van der Waals surface area (Å²) in [5, 5.41) is 4.09. The Morgan fingerprint density at radius 1 is 0.969 bits per heavy atom. The summed E-state index contributed by atoms with van der Waals surface area (Å²) < 4.78 is 24.2. The van der Waals surface area contributed by atoms with Crippen molar-refractivity contribution >= 4 is 11.6 Å². The molecule has 0 radical (unpaired) electrons. The van der Waals surface area contributed by atoms with Crippen molar-refractivity contribution in [1.29, 1.82) is 0 Å². The van der Waals surface area contributed by atoms with E-state index in [0.29, 0.717) is 36.2 Å². The van der Waals surface area contributed by atoms with E-state index in [0.717, 1.165) is 16.8 Å². The monoisotopic (exact) mass is 429 g/mol. The van der Waals surface area contributed by atoms with Crippen molar-refractivity contribution in [2.45, 2.75) is 19.3 Å². The first-order valence-corrected chi connectivity index (χ1v) is 10.3. The number of aromatic nitrogens is 2. The second-order valence-corrected chi connectivity index (χ2v) is 7.78. The highest BCUT2D eigenvalue weighted by atomic mass is 19.1. The van der Waals surface area contributed by atoms with Gasteiger partial charge < -0.3 is 14.2 Å². The van der Waals surface area contributed by atoms with Crippen molar-refractivity contribution in [2.24, 2.45) is 0 Å². The van der Waals surface area contributed by atoms with Crippen molar-refractivity contribution in [3.63, 3.8) is 0 Å². The predicted molar refractivity (Wildman–Crippen MR) is 117 cm³/mol. The van der Waals surface area contributed by atoms with E-state index in [1.165, 1.54) is 12.1 Å². The van der Waals surface area contributed by atoms with Crippen molar-refractivity contribution in [3.05, 3.63) is 90.1 Å². The van der Waals surface area contributed by atoms with Crippen LogP contribution >= 0.6 is 0 Å². The van der Waals surface area contributed by atoms with Gasteiger partial charge in [0, 0.05) is 24.2 Å². The van der Waals surface area contributed by atoms with Crippen LogP contribution in [0, 0.1) is 12.7 Å². The fraction of sp³-hybridized carbons (Fsp3) is 0.160. The molecule has 0 N–H and O–H groups in total. The molecule has 3 aromatic carbocycles. The van der Waals surface area contributed by atoms with Gasteiger partial charge in [-0.15, -0.1) is 0 Å². The zero-order valence-electron chi connectivity index (χ0n) is 17.4. The first-order chi connectivity index (χ1) is 15.5. The Labute approximate surface area is 184 Å². The largest absolute Gasteiger partial charge is 0.457 e. The molecule has 6 nitrogen and oxygen atoms in total. The van der Waals surface area contributed by atoms with E-state index in [9.17, 15) is 9.18 Å². The molecule has 4 aromatic rings. The SMILES string of the molecule is Cc1ccc(N2CC(c3nc(-c4ccc(Oc5ccc(F)cc5)cc4)no3)CC2=O)cc1. The van der Waals surface area contributed by atoms with Crippen LogP contribution in [0.2, 0.25) is 0 Å². The lowest BCUT2D eigenvalue weighted by atomic mass is 10.1. The highest BCUT2D eigenvalue weighted by molar-refractivity contribution is 5.96. The van der Waals surface area contributed by atoms with Gasteiger partial charge in [-0.05, 0) is 67.6 Å². The van der Waals surface area contributed by atoms with Gasteiger partial charge in [0.1, 0.15) is 17.3 Å². The summed E-state index contributed by atoms with van der Waals surface area (Å²) in [4.78, 5) is 18.8. The molecule has 1 unspecified atom stereocenters. The zero-order chi connectivity index (χ0) is 22.1. The van der Waals surface area contributed by atoms with E-state index in [1.54, 1.807) is 29.2 Å². The summed E-state index contributed by atoms with van der Waals surface area (Å²) in [7, 11) is 0. The third-order valence-electron chi connectivity index (χ3n) is 5.42. The summed E-state index contributed by atoms with van der Waals surface area (Å²) >= 11 is 0. The van der Waals surface area contributed by atoms with Crippen LogP contribution in [0.1, 0.15) is 23.8 Å². The molecule has 0 saturated carbocycles. The van der Waals surface area contributed by atoms with E-state index in [4.69, 9.17) is 9.26 Å². The molecule has 0 aliphatic carbocycles. The lowest BCUT2D eigenvalue weighted by molar-refractivity contribution is -0.117. The number of hydrogen-bond acceptors (Lipinski definition) is 5. The number of halogens is 1. The molecule has 1 aliphatic rings. The molecule has 0 bridgehead atoms. The summed E-state index contributed by atoms with van der Waals surface area (Å²) in [6, 6.07) is 20.9. The van der Waals surface area contributed by atoms with E-state index in [-0.39, 0.29) is 17.6 Å². The number of rotatable bonds is 5. The summed E-state index contributed by atoms with van der Waals surface area (Å²) in [5.74, 6) is 1.65. The standard InChI is InChI=1S/C25H20FN3O3/c1-16-2-8-20(9-3-16)29-15-18(14-23(29)30)25-27-24(28-32-25)17-4-10-21(11-5-17)31-22-12-6-19(26)7-13-22/h2-13,18H,14-15H2,1H3. The lowest BCUT2D eigenvalue weighted by Crippen LogP contribution is -2.24. The van der Waals surface area contributed by atoms with Crippen LogP contribution < -0.4 is 9.64 Å². The van der Waals surface area contributed by atoms with Crippen molar-refractivity contribution in [2.75, 3.05) is 11.4 Å². The van der Waals surface area contributed by atoms with Gasteiger partial charge in [0.15, 0.2) is 0 Å². The molecule has 1 saturated heterocycles. The molecule has 32 heavy (non-hydrogen) atoms. The second kappa shape index (κ2) is 8.26. The Morgan fingerprint density at radius 3 is 2.31 bits per heavy atom. The average Bonchev–Trinajstić information content (AvgIpc) is 3.44. The number of anilines is 1. The minimum Gasteiger partial charge on any atom is -0.457 e. The molecule has 1 atom stereocenters. The number of carbonyl (C=O) groups is 1. The van der Waals surface area contributed by atoms with Crippen molar-refractivity contribution in [3.8, 4) is 22.9 Å². The van der Waals surface area contributed by atoms with Crippen LogP contribution in [0.15, 0.2) is 77.3 Å². The quantitative estimate of drug-likeness (QED) is 0.419. The number of hydrogen-bond donors (Lipinski definition) is 0. The van der Waals surface area contributed by atoms with E-state index in [2.05, 4.69) is 10.1 Å². The second-order valence-electron chi connectivity index (χ2n) is 7.78. The third kappa shape index (κ3) is 4.09. The first kappa shape index (κ1) is 19.9. The van der Waals surface area contributed by atoms with Gasteiger partial charge in [0.25, 0.3) is 0 Å². The number of ether oxygens (including phenoxy) is 1. The van der Waals surface area contributed by atoms with Crippen LogP contribution in [0.25, 0.3) is 11.4 Å². The normalized spacial score (nSPS) is 15.9. The van der Waals surface area contributed by atoms with Crippen LogP contribution in [0.3, 0.4) is 0 Å². The Hall–Kier alpha value is -4.00. The Kier molecular flexibility index (Phi) is 5.15. The van der Waals surface area contributed by atoms with Crippen LogP contribution in [-0.2, 0) is 4.79 Å². The summed E-state index contributed by atoms with van der Waals surface area (Å²) in [5.41, 5.74) is 2.79. The molecule has 5 rings (SSSR count). The molecular weight excluding hydrogens is 409 g/mol. The highest BCUT2D eigenvalue weighted by Crippen LogP contribution is 2.32. The van der Waals surface area contributed by atoms with Crippen LogP contribution in [-0.4, -0.2) is 22.6 Å². The van der Waals surface area contributed by atoms with Crippen LogP contribution in [0.5, 0.6) is 11.5 Å². The molecule has 1 amide bonds. The van der Waals surface area contributed by atoms with Gasteiger partial charge in [0.2, 0.25) is 17.6 Å². The molecule has 160 valence electrons. The maximum Gasteiger partial charge on any atom is 0.232 e. The Morgan fingerprint density at radius 2 is 1.62 bits per heavy atom. The van der Waals surface area contributed by atoms with Gasteiger partial charge >= 0.3 is 0 Å². The predicted octanol–water partition coefficient (Wildman–Crippen LogP) is 5.50. The summed E-state index contributed by atoms with van der Waals surface area (Å²) in [6.45, 7) is 2.52. The number of nitrogens with zero attached hydrogens (tertiary/aromatic N) is 3. The zero-order valence-corrected chi connectivity index (χ0v) is 17.4. The van der Waals surface area contributed by atoms with Crippen molar-refractivity contribution < 1.29 is 18.4 Å². The number of carbonyl (C=O) groups excluding carboxylic acids is 1. The van der Waals surface area contributed by atoms with E-state index >= 15 is 0 Å². The Balaban J connectivity index is 1.28. The molecule has 7 heteroatoms. The molecule has 1 aromatic heterocycles. The highest BCUT2D eigenvalue weighted by Gasteiger charge is 2.35. The first-order valence-electron chi connectivity index (χ1n) is 10.3. The molecular formula is C25H20FN3O3. The lowest BCUT2D eigenvalue weighted by Gasteiger charge is -2.16. The molecule has 2 heterocycles. The average molecular weight is 429 g/mol. The van der Waals surface area contributed by atoms with Gasteiger partial charge in [-0.3, -0.25) is 4.79 Å². The molecule has 1 aliphatic heterocycles. The van der Waals surface area contributed by atoms with Gasteiger partial charge in [-0.1, -0.05) is 22.9 Å². The van der Waals surface area contributed by atoms with Gasteiger partial charge in [-0.25, -0.2) is 4.39 Å². The number of aryl methyl sites for hydroxylation is 1. The van der Waals surface area contributed by atoms with Crippen molar-refractivity contribution in [1.82, 2.24) is 10.1 Å². The fourth-order valence-electron chi connectivity index (χ4n) is 3.68. The maximum absolute atomic E-state index is 13.0. The van der Waals surface area contributed by atoms with Gasteiger partial charge in [-0.2, -0.15) is 4.98 Å². The third-order valence-corrected chi connectivity index (χ3v) is 5.42. The minimum absolute atomic E-state index is 0.0425. The summed E-state index contributed by atoms with van der Waals surface area (Å²) in [6.07, 6.45) is 0.333. The molecule has 1 fully saturated rings. The smallest absolute Gasteiger partial charge is 0.232 e. The Bertz CT molecular complexity index is 1230.